The van der Waals surface area contributed by atoms with E-state index in [9.17, 15) is 9.90 Å². The Labute approximate surface area is 212 Å². The van der Waals surface area contributed by atoms with E-state index in [-0.39, 0.29) is 0 Å². The van der Waals surface area contributed by atoms with Crippen molar-refractivity contribution in [2.45, 2.75) is 85.0 Å². The van der Waals surface area contributed by atoms with E-state index in [0.717, 1.165) is 19.3 Å². The Morgan fingerprint density at radius 2 is 1.34 bits per heavy atom. The summed E-state index contributed by atoms with van der Waals surface area (Å²) in [6.07, 6.45) is 10.8. The van der Waals surface area contributed by atoms with Gasteiger partial charge in [0, 0.05) is 0 Å². The summed E-state index contributed by atoms with van der Waals surface area (Å²) in [5.41, 5.74) is 6.99. The number of hydrogen-bond acceptors (Lipinski definition) is 1. The van der Waals surface area contributed by atoms with Crippen LogP contribution in [0.25, 0.3) is 22.3 Å². The van der Waals surface area contributed by atoms with E-state index in [1.807, 2.05) is 13.8 Å². The lowest BCUT2D eigenvalue weighted by Crippen LogP contribution is -2.26. The summed E-state index contributed by atoms with van der Waals surface area (Å²) < 4.78 is 0. The van der Waals surface area contributed by atoms with Crippen molar-refractivity contribution in [3.8, 4) is 22.3 Å². The molecule has 3 aromatic rings. The third-order valence-electron chi connectivity index (χ3n) is 7.49. The van der Waals surface area contributed by atoms with Gasteiger partial charge in [-0.05, 0) is 78.8 Å². The Morgan fingerprint density at radius 1 is 0.714 bits per heavy atom. The van der Waals surface area contributed by atoms with Crippen molar-refractivity contribution >= 4 is 5.97 Å². The van der Waals surface area contributed by atoms with E-state index in [2.05, 4.69) is 79.7 Å². The van der Waals surface area contributed by atoms with E-state index in [0.29, 0.717) is 12.8 Å². The van der Waals surface area contributed by atoms with Crippen LogP contribution in [-0.4, -0.2) is 11.1 Å². The number of carbonyl (C=O) groups is 1. The molecule has 0 aliphatic rings. The van der Waals surface area contributed by atoms with Crippen LogP contribution in [0.5, 0.6) is 0 Å². The molecule has 3 aromatic carbocycles. The van der Waals surface area contributed by atoms with Gasteiger partial charge < -0.3 is 5.11 Å². The molecular formula is C33H42O2. The summed E-state index contributed by atoms with van der Waals surface area (Å²) in [6.45, 7) is 6.09. The van der Waals surface area contributed by atoms with Crippen LogP contribution in [0.2, 0.25) is 0 Å². The summed E-state index contributed by atoms with van der Waals surface area (Å²) in [5.74, 6) is -0.689. The summed E-state index contributed by atoms with van der Waals surface area (Å²) in [5, 5.41) is 9.60. The van der Waals surface area contributed by atoms with Gasteiger partial charge in [0.05, 0.1) is 5.41 Å². The molecule has 0 bridgehead atoms. The second-order valence-corrected chi connectivity index (χ2v) is 10.2. The number of benzene rings is 3. The molecule has 0 saturated carbocycles. The topological polar surface area (TPSA) is 37.3 Å². The van der Waals surface area contributed by atoms with Gasteiger partial charge in [-0.1, -0.05) is 112 Å². The Morgan fingerprint density at radius 3 is 2.00 bits per heavy atom. The van der Waals surface area contributed by atoms with E-state index in [1.54, 1.807) is 0 Å². The van der Waals surface area contributed by atoms with Crippen LogP contribution < -0.4 is 0 Å². The van der Waals surface area contributed by atoms with Crippen molar-refractivity contribution in [1.29, 1.82) is 0 Å². The van der Waals surface area contributed by atoms with Gasteiger partial charge >= 0.3 is 5.97 Å². The largest absolute Gasteiger partial charge is 0.481 e. The average Bonchev–Trinajstić information content (AvgIpc) is 2.89. The maximum atomic E-state index is 11.7. The van der Waals surface area contributed by atoms with Crippen molar-refractivity contribution in [1.82, 2.24) is 0 Å². The lowest BCUT2D eigenvalue weighted by atomic mass is 9.82. The number of rotatable bonds is 14. The highest BCUT2D eigenvalue weighted by atomic mass is 16.4. The molecule has 0 amide bonds. The predicted molar refractivity (Wildman–Crippen MR) is 149 cm³/mol. The molecule has 0 aliphatic heterocycles. The lowest BCUT2D eigenvalue weighted by Gasteiger charge is -2.22. The van der Waals surface area contributed by atoms with Crippen molar-refractivity contribution in [2.75, 3.05) is 0 Å². The fraction of sp³-hybridized carbons (Fsp3) is 0.424. The first-order valence-corrected chi connectivity index (χ1v) is 13.5. The quantitative estimate of drug-likeness (QED) is 0.238. The SMILES string of the molecule is CCCCCCCc1ccc(-c2cc(CCCC(C)(CC)C(=O)O)ccc2-c2ccccc2)cc1. The number of aryl methyl sites for hydroxylation is 2. The molecule has 2 nitrogen and oxygen atoms in total. The highest BCUT2D eigenvalue weighted by Gasteiger charge is 2.30. The van der Waals surface area contributed by atoms with Crippen LogP contribution in [0.15, 0.2) is 72.8 Å². The van der Waals surface area contributed by atoms with Crippen molar-refractivity contribution in [3.05, 3.63) is 83.9 Å². The first-order chi connectivity index (χ1) is 17.0. The molecule has 0 radical (unpaired) electrons. The van der Waals surface area contributed by atoms with Gasteiger partial charge in [-0.3, -0.25) is 4.79 Å². The molecule has 186 valence electrons. The summed E-state index contributed by atoms with van der Waals surface area (Å²) in [4.78, 5) is 11.7. The molecule has 2 heteroatoms. The van der Waals surface area contributed by atoms with Gasteiger partial charge in [-0.15, -0.1) is 0 Å². The van der Waals surface area contributed by atoms with Gasteiger partial charge in [0.15, 0.2) is 0 Å². The molecule has 0 spiro atoms. The van der Waals surface area contributed by atoms with Crippen LogP contribution >= 0.6 is 0 Å². The zero-order valence-corrected chi connectivity index (χ0v) is 21.9. The smallest absolute Gasteiger partial charge is 0.309 e. The molecule has 0 saturated heterocycles. The van der Waals surface area contributed by atoms with Crippen LogP contribution in [0, 0.1) is 5.41 Å². The predicted octanol–water partition coefficient (Wildman–Crippen LogP) is 9.36. The molecular weight excluding hydrogens is 428 g/mol. The van der Waals surface area contributed by atoms with Crippen LogP contribution in [0.3, 0.4) is 0 Å². The molecule has 1 unspecified atom stereocenters. The first-order valence-electron chi connectivity index (χ1n) is 13.5. The van der Waals surface area contributed by atoms with E-state index >= 15 is 0 Å². The highest BCUT2D eigenvalue weighted by Crippen LogP contribution is 2.34. The second kappa shape index (κ2) is 13.3. The molecule has 3 rings (SSSR count). The maximum Gasteiger partial charge on any atom is 0.309 e. The zero-order chi connectivity index (χ0) is 25.1. The van der Waals surface area contributed by atoms with Crippen molar-refractivity contribution < 1.29 is 9.90 Å². The molecule has 0 heterocycles. The van der Waals surface area contributed by atoms with Gasteiger partial charge in [0.2, 0.25) is 0 Å². The normalized spacial score (nSPS) is 12.9. The second-order valence-electron chi connectivity index (χ2n) is 10.2. The van der Waals surface area contributed by atoms with Crippen molar-refractivity contribution in [2.24, 2.45) is 5.41 Å². The van der Waals surface area contributed by atoms with Crippen LogP contribution in [0.4, 0.5) is 0 Å². The Kier molecular flexibility index (Phi) is 10.1. The van der Waals surface area contributed by atoms with Gasteiger partial charge in [0.25, 0.3) is 0 Å². The fourth-order valence-corrected chi connectivity index (χ4v) is 4.76. The van der Waals surface area contributed by atoms with Gasteiger partial charge in [0.1, 0.15) is 0 Å². The molecule has 1 atom stereocenters. The minimum absolute atomic E-state index is 0.640. The first kappa shape index (κ1) is 26.7. The van der Waals surface area contributed by atoms with E-state index in [1.165, 1.54) is 65.5 Å². The minimum atomic E-state index is -0.689. The number of hydrogen-bond donors (Lipinski definition) is 1. The minimum Gasteiger partial charge on any atom is -0.481 e. The number of unbranched alkanes of at least 4 members (excludes halogenated alkanes) is 4. The number of carboxylic acids is 1. The number of aliphatic carboxylic acids is 1. The zero-order valence-electron chi connectivity index (χ0n) is 21.9. The van der Waals surface area contributed by atoms with Gasteiger partial charge in [-0.25, -0.2) is 0 Å². The molecule has 35 heavy (non-hydrogen) atoms. The fourth-order valence-electron chi connectivity index (χ4n) is 4.76. The third kappa shape index (κ3) is 7.56. The monoisotopic (exact) mass is 470 g/mol. The molecule has 0 aliphatic carbocycles. The van der Waals surface area contributed by atoms with Gasteiger partial charge in [-0.2, -0.15) is 0 Å². The van der Waals surface area contributed by atoms with Crippen molar-refractivity contribution in [3.63, 3.8) is 0 Å². The third-order valence-corrected chi connectivity index (χ3v) is 7.49. The molecule has 1 N–H and O–H groups in total. The van der Waals surface area contributed by atoms with Crippen LogP contribution in [0.1, 0.15) is 83.3 Å². The summed E-state index contributed by atoms with van der Waals surface area (Å²) in [6, 6.07) is 26.4. The molecule has 0 fully saturated rings. The summed E-state index contributed by atoms with van der Waals surface area (Å²) in [7, 11) is 0. The molecule has 0 aromatic heterocycles. The Balaban J connectivity index is 1.79. The lowest BCUT2D eigenvalue weighted by molar-refractivity contribution is -0.148. The highest BCUT2D eigenvalue weighted by molar-refractivity contribution is 5.84. The average molecular weight is 471 g/mol. The van der Waals surface area contributed by atoms with E-state index < -0.39 is 11.4 Å². The number of carboxylic acid groups (broad SMARTS) is 1. The summed E-state index contributed by atoms with van der Waals surface area (Å²) >= 11 is 0. The Bertz CT molecular complexity index is 1050. The standard InChI is InChI=1S/C33H42O2/c1-4-6-7-8-10-14-26-18-21-29(22-19-26)31-25-27(15-13-24-33(3,5-2)32(34)35)20-23-30(31)28-16-11-9-12-17-28/h9,11-12,16-23,25H,4-8,10,13-15,24H2,1-3H3,(H,34,35). The maximum absolute atomic E-state index is 11.7. The van der Waals surface area contributed by atoms with E-state index in [4.69, 9.17) is 0 Å². The van der Waals surface area contributed by atoms with Crippen LogP contribution in [-0.2, 0) is 17.6 Å². The Hall–Kier alpha value is -2.87.